The molecule has 35 heavy (non-hydrogen) atoms. The van der Waals surface area contributed by atoms with Crippen LogP contribution in [0, 0.1) is 44.7 Å². The number of amides is 4. The molecule has 0 spiro atoms. The van der Waals surface area contributed by atoms with Crippen LogP contribution >= 0.6 is 0 Å². The van der Waals surface area contributed by atoms with Crippen LogP contribution in [0.1, 0.15) is 33.6 Å². The Hall–Kier alpha value is -4.53. The highest BCUT2D eigenvalue weighted by atomic mass is 16.6. The molecule has 9 nitrogen and oxygen atoms in total. The molecule has 3 aromatic rings. The molecule has 2 heterocycles. The first-order valence-electron chi connectivity index (χ1n) is 10.9. The molecular formula is C26H24N4O5. The monoisotopic (exact) mass is 472 g/mol. The molecule has 1 aliphatic rings. The number of benzene rings is 2. The molecule has 1 N–H and O–H groups in total. The van der Waals surface area contributed by atoms with Gasteiger partial charge in [-0.25, -0.2) is 9.69 Å². The molecule has 178 valence electrons. The average Bonchev–Trinajstić information content (AvgIpc) is 3.06. The lowest BCUT2D eigenvalue weighted by Crippen LogP contribution is -2.54. The Balaban J connectivity index is 1.78. The third-order valence-corrected chi connectivity index (χ3v) is 6.27. The highest BCUT2D eigenvalue weighted by molar-refractivity contribution is 6.39. The number of carbonyl (C=O) groups excluding carboxylic acids is 3. The van der Waals surface area contributed by atoms with E-state index in [0.717, 1.165) is 21.7 Å². The molecule has 4 amide bonds. The van der Waals surface area contributed by atoms with E-state index in [1.54, 1.807) is 50.2 Å². The lowest BCUT2D eigenvalue weighted by atomic mass is 10.1. The van der Waals surface area contributed by atoms with Gasteiger partial charge in [0, 0.05) is 23.0 Å². The summed E-state index contributed by atoms with van der Waals surface area (Å²) in [5, 5.41) is 13.6. The van der Waals surface area contributed by atoms with E-state index in [4.69, 9.17) is 0 Å². The van der Waals surface area contributed by atoms with Crippen molar-refractivity contribution in [3.63, 3.8) is 0 Å². The van der Waals surface area contributed by atoms with Crippen LogP contribution in [0.3, 0.4) is 0 Å². The SMILES string of the molecule is Cc1ccc(N2C(=O)NC(=O)/C(=C\c3cc(C)n(-c4ccc(C)c([N+](=O)[O-])c4)c3C)C2=O)cc1C. The van der Waals surface area contributed by atoms with E-state index in [0.29, 0.717) is 28.2 Å². The molecule has 1 saturated heterocycles. The zero-order chi connectivity index (χ0) is 25.6. The number of barbiturate groups is 1. The highest BCUT2D eigenvalue weighted by Crippen LogP contribution is 2.29. The zero-order valence-corrected chi connectivity index (χ0v) is 20.0. The van der Waals surface area contributed by atoms with Crippen LogP contribution in [0.25, 0.3) is 11.8 Å². The van der Waals surface area contributed by atoms with Crippen LogP contribution in [-0.4, -0.2) is 27.3 Å². The average molecular weight is 473 g/mol. The maximum absolute atomic E-state index is 13.3. The molecule has 0 saturated carbocycles. The molecule has 1 aliphatic heterocycles. The lowest BCUT2D eigenvalue weighted by Gasteiger charge is -2.26. The second-order valence-electron chi connectivity index (χ2n) is 8.62. The van der Waals surface area contributed by atoms with Gasteiger partial charge in [0.15, 0.2) is 0 Å². The molecule has 1 aromatic heterocycles. The van der Waals surface area contributed by atoms with Crippen LogP contribution in [0.4, 0.5) is 16.2 Å². The van der Waals surface area contributed by atoms with Gasteiger partial charge in [-0.2, -0.15) is 0 Å². The molecule has 0 atom stereocenters. The van der Waals surface area contributed by atoms with Gasteiger partial charge in [-0.1, -0.05) is 12.1 Å². The molecule has 1 fully saturated rings. The van der Waals surface area contributed by atoms with Crippen molar-refractivity contribution in [1.29, 1.82) is 0 Å². The fourth-order valence-corrected chi connectivity index (χ4v) is 4.18. The maximum atomic E-state index is 13.3. The minimum atomic E-state index is -0.808. The molecule has 9 heteroatoms. The lowest BCUT2D eigenvalue weighted by molar-refractivity contribution is -0.385. The smallest absolute Gasteiger partial charge is 0.318 e. The van der Waals surface area contributed by atoms with E-state index in [2.05, 4.69) is 5.32 Å². The van der Waals surface area contributed by atoms with E-state index in [-0.39, 0.29) is 11.3 Å². The molecule has 0 radical (unpaired) electrons. The number of nitro groups is 1. The van der Waals surface area contributed by atoms with E-state index in [1.165, 1.54) is 12.1 Å². The topological polar surface area (TPSA) is 115 Å². The van der Waals surface area contributed by atoms with Gasteiger partial charge >= 0.3 is 6.03 Å². The van der Waals surface area contributed by atoms with Crippen LogP contribution in [0.2, 0.25) is 0 Å². The van der Waals surface area contributed by atoms with E-state index >= 15 is 0 Å². The van der Waals surface area contributed by atoms with Gasteiger partial charge in [0.2, 0.25) is 0 Å². The van der Waals surface area contributed by atoms with Gasteiger partial charge in [0.1, 0.15) is 5.57 Å². The molecular weight excluding hydrogens is 448 g/mol. The van der Waals surface area contributed by atoms with Crippen molar-refractivity contribution in [3.8, 4) is 5.69 Å². The minimum absolute atomic E-state index is 0.000661. The van der Waals surface area contributed by atoms with Crippen molar-refractivity contribution < 1.29 is 19.3 Å². The standard InChI is InChI=1S/C26H24N4O5/c1-14-6-8-20(10-16(14)3)29-25(32)22(24(31)27-26(29)33)12-19-11-17(4)28(18(19)5)21-9-7-15(2)23(13-21)30(34)35/h6-13H,1-5H3,(H,27,31,33)/b22-12+. The Kier molecular flexibility index (Phi) is 5.86. The number of aromatic nitrogens is 1. The fraction of sp³-hybridized carbons (Fsp3) is 0.192. The highest BCUT2D eigenvalue weighted by Gasteiger charge is 2.37. The van der Waals surface area contributed by atoms with Gasteiger partial charge < -0.3 is 4.57 Å². The molecule has 0 bridgehead atoms. The molecule has 2 aromatic carbocycles. The fourth-order valence-electron chi connectivity index (χ4n) is 4.18. The Labute approximate surface area is 201 Å². The molecule has 0 aliphatic carbocycles. The predicted octanol–water partition coefficient (Wildman–Crippen LogP) is 4.59. The number of anilines is 1. The summed E-state index contributed by atoms with van der Waals surface area (Å²) in [5.74, 6) is -1.51. The number of imide groups is 2. The summed E-state index contributed by atoms with van der Waals surface area (Å²) in [7, 11) is 0. The molecule has 4 rings (SSSR count). The van der Waals surface area contributed by atoms with E-state index in [1.807, 2.05) is 25.3 Å². The summed E-state index contributed by atoms with van der Waals surface area (Å²) in [6.07, 6.45) is 1.44. The number of urea groups is 1. The number of carbonyl (C=O) groups is 3. The second-order valence-corrected chi connectivity index (χ2v) is 8.62. The second kappa shape index (κ2) is 8.68. The largest absolute Gasteiger partial charge is 0.335 e. The number of nitro benzene ring substituents is 1. The van der Waals surface area contributed by atoms with Gasteiger partial charge in [-0.15, -0.1) is 0 Å². The number of hydrogen-bond donors (Lipinski definition) is 1. The van der Waals surface area contributed by atoms with Gasteiger partial charge in [0.25, 0.3) is 17.5 Å². The maximum Gasteiger partial charge on any atom is 0.335 e. The van der Waals surface area contributed by atoms with Crippen LogP contribution in [-0.2, 0) is 9.59 Å². The molecule has 0 unspecified atom stereocenters. The van der Waals surface area contributed by atoms with Crippen molar-refractivity contribution in [3.05, 3.63) is 91.8 Å². The van der Waals surface area contributed by atoms with Crippen molar-refractivity contribution in [1.82, 2.24) is 9.88 Å². The zero-order valence-electron chi connectivity index (χ0n) is 20.0. The van der Waals surface area contributed by atoms with Crippen LogP contribution < -0.4 is 10.2 Å². The number of aryl methyl sites for hydroxylation is 4. The predicted molar refractivity (Wildman–Crippen MR) is 132 cm³/mol. The third-order valence-electron chi connectivity index (χ3n) is 6.27. The van der Waals surface area contributed by atoms with Gasteiger partial charge in [0.05, 0.1) is 16.3 Å². The summed E-state index contributed by atoms with van der Waals surface area (Å²) in [5.41, 5.74) is 5.26. The van der Waals surface area contributed by atoms with Crippen LogP contribution in [0.15, 0.2) is 48.0 Å². The minimum Gasteiger partial charge on any atom is -0.318 e. The Morgan fingerprint density at radius 3 is 2.17 bits per heavy atom. The number of nitrogens with one attached hydrogen (secondary N) is 1. The first-order valence-corrected chi connectivity index (χ1v) is 10.9. The number of hydrogen-bond acceptors (Lipinski definition) is 5. The summed E-state index contributed by atoms with van der Waals surface area (Å²) in [6.45, 7) is 9.09. The summed E-state index contributed by atoms with van der Waals surface area (Å²) >= 11 is 0. The number of rotatable bonds is 4. The summed E-state index contributed by atoms with van der Waals surface area (Å²) in [4.78, 5) is 50.3. The summed E-state index contributed by atoms with van der Waals surface area (Å²) < 4.78 is 1.82. The van der Waals surface area contributed by atoms with Gasteiger partial charge in [-0.3, -0.25) is 25.0 Å². The summed E-state index contributed by atoms with van der Waals surface area (Å²) in [6, 6.07) is 11.1. The normalized spacial score (nSPS) is 15.1. The number of nitrogens with zero attached hydrogens (tertiary/aromatic N) is 3. The van der Waals surface area contributed by atoms with E-state index < -0.39 is 22.8 Å². The van der Waals surface area contributed by atoms with Gasteiger partial charge in [-0.05, 0) is 81.7 Å². The Bertz CT molecular complexity index is 1460. The van der Waals surface area contributed by atoms with E-state index in [9.17, 15) is 24.5 Å². The van der Waals surface area contributed by atoms with Crippen molar-refractivity contribution in [2.45, 2.75) is 34.6 Å². The Morgan fingerprint density at radius 1 is 0.857 bits per heavy atom. The first kappa shape index (κ1) is 23.6. The third kappa shape index (κ3) is 4.12. The van der Waals surface area contributed by atoms with Crippen molar-refractivity contribution >= 4 is 35.3 Å². The van der Waals surface area contributed by atoms with Crippen LogP contribution in [0.5, 0.6) is 0 Å². The first-order chi connectivity index (χ1) is 16.5. The van der Waals surface area contributed by atoms with Crippen molar-refractivity contribution in [2.24, 2.45) is 0 Å². The van der Waals surface area contributed by atoms with Crippen molar-refractivity contribution in [2.75, 3.05) is 4.90 Å². The Morgan fingerprint density at radius 2 is 1.51 bits per heavy atom. The quantitative estimate of drug-likeness (QED) is 0.258.